The fourth-order valence-corrected chi connectivity index (χ4v) is 2.51. The molecule has 4 nitrogen and oxygen atoms in total. The van der Waals surface area contributed by atoms with Crippen LogP contribution in [-0.4, -0.2) is 36.5 Å². The van der Waals surface area contributed by atoms with Crippen LogP contribution in [0.15, 0.2) is 18.2 Å². The minimum atomic E-state index is -0.530. The maximum Gasteiger partial charge on any atom is 0.233 e. The van der Waals surface area contributed by atoms with E-state index in [9.17, 15) is 13.6 Å². The third-order valence-electron chi connectivity index (χ3n) is 3.50. The van der Waals surface area contributed by atoms with Gasteiger partial charge < -0.3 is 11.1 Å². The van der Waals surface area contributed by atoms with E-state index in [-0.39, 0.29) is 30.6 Å². The number of nitrogens with zero attached hydrogens (tertiary/aromatic N) is 1. The maximum atomic E-state index is 13.6. The van der Waals surface area contributed by atoms with E-state index in [2.05, 4.69) is 5.32 Å². The van der Waals surface area contributed by atoms with Crippen LogP contribution < -0.4 is 11.1 Å². The van der Waals surface area contributed by atoms with Gasteiger partial charge in [0, 0.05) is 24.7 Å². The third kappa shape index (κ3) is 3.74. The minimum Gasteiger partial charge on any atom is -0.351 e. The molecule has 0 radical (unpaired) electrons. The number of nitrogens with one attached hydrogen (secondary N) is 1. The van der Waals surface area contributed by atoms with Crippen molar-refractivity contribution in [3.63, 3.8) is 0 Å². The van der Waals surface area contributed by atoms with E-state index in [1.807, 2.05) is 4.90 Å². The van der Waals surface area contributed by atoms with Crippen molar-refractivity contribution in [2.75, 3.05) is 19.6 Å². The van der Waals surface area contributed by atoms with Gasteiger partial charge in [-0.25, -0.2) is 8.78 Å². The van der Waals surface area contributed by atoms with E-state index in [0.717, 1.165) is 19.4 Å². The summed E-state index contributed by atoms with van der Waals surface area (Å²) in [7, 11) is 0. The molecule has 0 aromatic heterocycles. The van der Waals surface area contributed by atoms with E-state index < -0.39 is 11.6 Å². The molecule has 1 atom stereocenters. The van der Waals surface area contributed by atoms with Crippen LogP contribution in [0.1, 0.15) is 18.4 Å². The zero-order valence-electron chi connectivity index (χ0n) is 11.2. The topological polar surface area (TPSA) is 58.4 Å². The van der Waals surface area contributed by atoms with Crippen molar-refractivity contribution in [3.05, 3.63) is 35.4 Å². The van der Waals surface area contributed by atoms with Crippen molar-refractivity contribution in [2.24, 2.45) is 5.73 Å². The fourth-order valence-electron chi connectivity index (χ4n) is 2.51. The van der Waals surface area contributed by atoms with Gasteiger partial charge in [-0.3, -0.25) is 9.69 Å². The lowest BCUT2D eigenvalue weighted by atomic mass is 10.0. The van der Waals surface area contributed by atoms with Gasteiger partial charge >= 0.3 is 0 Å². The van der Waals surface area contributed by atoms with E-state index in [1.165, 1.54) is 18.2 Å². The smallest absolute Gasteiger partial charge is 0.233 e. The zero-order chi connectivity index (χ0) is 14.5. The van der Waals surface area contributed by atoms with Crippen LogP contribution in [0.5, 0.6) is 0 Å². The largest absolute Gasteiger partial charge is 0.351 e. The second-order valence-corrected chi connectivity index (χ2v) is 5.05. The van der Waals surface area contributed by atoms with Crippen molar-refractivity contribution < 1.29 is 13.6 Å². The zero-order valence-corrected chi connectivity index (χ0v) is 11.2. The van der Waals surface area contributed by atoms with E-state index in [0.29, 0.717) is 6.54 Å². The number of benzene rings is 1. The Kier molecular flexibility index (Phi) is 5.03. The molecule has 1 amide bonds. The first-order valence-corrected chi connectivity index (χ1v) is 6.75. The van der Waals surface area contributed by atoms with Gasteiger partial charge in [-0.2, -0.15) is 0 Å². The Morgan fingerprint density at radius 1 is 1.40 bits per heavy atom. The molecule has 20 heavy (non-hydrogen) atoms. The van der Waals surface area contributed by atoms with Gasteiger partial charge in [-0.15, -0.1) is 0 Å². The van der Waals surface area contributed by atoms with Crippen LogP contribution in [0, 0.1) is 11.6 Å². The van der Waals surface area contributed by atoms with Crippen molar-refractivity contribution in [2.45, 2.75) is 25.4 Å². The van der Waals surface area contributed by atoms with Crippen LogP contribution in [0.3, 0.4) is 0 Å². The van der Waals surface area contributed by atoms with Crippen molar-refractivity contribution in [1.29, 1.82) is 0 Å². The number of hydrogen-bond acceptors (Lipinski definition) is 3. The minimum absolute atomic E-state index is 0.00497. The standard InChI is InChI=1S/C14H19F2N3O/c15-12-4-1-5-13(16)11(12)9-19-6-2-3-10(8-19)18-14(20)7-17/h1,4-5,10H,2-3,6-9,17H2,(H,18,20). The van der Waals surface area contributed by atoms with Crippen LogP contribution >= 0.6 is 0 Å². The summed E-state index contributed by atoms with van der Waals surface area (Å²) in [6, 6.07) is 3.87. The summed E-state index contributed by atoms with van der Waals surface area (Å²) in [5, 5.41) is 2.82. The summed E-state index contributed by atoms with van der Waals surface area (Å²) >= 11 is 0. The Morgan fingerprint density at radius 2 is 2.10 bits per heavy atom. The molecule has 6 heteroatoms. The predicted octanol–water partition coefficient (Wildman–Crippen LogP) is 1.00. The molecule has 1 aromatic rings. The van der Waals surface area contributed by atoms with Gasteiger partial charge in [0.1, 0.15) is 11.6 Å². The van der Waals surface area contributed by atoms with Gasteiger partial charge in [0.25, 0.3) is 0 Å². The number of rotatable bonds is 4. The van der Waals surface area contributed by atoms with Gasteiger partial charge in [-0.05, 0) is 31.5 Å². The molecule has 1 aromatic carbocycles. The number of nitrogens with two attached hydrogens (primary N) is 1. The Labute approximate surface area is 116 Å². The lowest BCUT2D eigenvalue weighted by Crippen LogP contribution is -2.48. The van der Waals surface area contributed by atoms with E-state index in [1.54, 1.807) is 0 Å². The molecule has 0 spiro atoms. The van der Waals surface area contributed by atoms with Crippen LogP contribution in [0.25, 0.3) is 0 Å². The molecular weight excluding hydrogens is 264 g/mol. The van der Waals surface area contributed by atoms with Crippen molar-refractivity contribution in [3.8, 4) is 0 Å². The molecule has 1 heterocycles. The average Bonchev–Trinajstić information content (AvgIpc) is 2.43. The molecule has 110 valence electrons. The Morgan fingerprint density at radius 3 is 2.75 bits per heavy atom. The SMILES string of the molecule is NCC(=O)NC1CCCN(Cc2c(F)cccc2F)C1. The third-order valence-corrected chi connectivity index (χ3v) is 3.50. The number of likely N-dealkylation sites (tertiary alicyclic amines) is 1. The molecule has 0 bridgehead atoms. The molecule has 1 aliphatic rings. The fraction of sp³-hybridized carbons (Fsp3) is 0.500. The number of hydrogen-bond donors (Lipinski definition) is 2. The summed E-state index contributed by atoms with van der Waals surface area (Å²) in [5.74, 6) is -1.26. The highest BCUT2D eigenvalue weighted by molar-refractivity contribution is 5.78. The summed E-state index contributed by atoms with van der Waals surface area (Å²) < 4.78 is 27.2. The highest BCUT2D eigenvalue weighted by atomic mass is 19.1. The summed E-state index contributed by atoms with van der Waals surface area (Å²) in [5.41, 5.74) is 5.34. The number of carbonyl (C=O) groups is 1. The lowest BCUT2D eigenvalue weighted by molar-refractivity contribution is -0.120. The molecular formula is C14H19F2N3O. The van der Waals surface area contributed by atoms with E-state index in [4.69, 9.17) is 5.73 Å². The molecule has 0 aliphatic carbocycles. The van der Waals surface area contributed by atoms with Crippen molar-refractivity contribution >= 4 is 5.91 Å². The molecule has 2 rings (SSSR count). The highest BCUT2D eigenvalue weighted by Gasteiger charge is 2.22. The number of halogens is 2. The second-order valence-electron chi connectivity index (χ2n) is 5.05. The monoisotopic (exact) mass is 283 g/mol. The molecule has 0 saturated carbocycles. The number of piperidine rings is 1. The first-order chi connectivity index (χ1) is 9.60. The van der Waals surface area contributed by atoms with Crippen LogP contribution in [-0.2, 0) is 11.3 Å². The Bertz CT molecular complexity index is 461. The van der Waals surface area contributed by atoms with Gasteiger partial charge in [0.2, 0.25) is 5.91 Å². The Balaban J connectivity index is 1.97. The van der Waals surface area contributed by atoms with Crippen molar-refractivity contribution in [1.82, 2.24) is 10.2 Å². The summed E-state index contributed by atoms with van der Waals surface area (Å²) in [6.45, 7) is 1.52. The first kappa shape index (κ1) is 14.9. The summed E-state index contributed by atoms with van der Waals surface area (Å²) in [6.07, 6.45) is 1.74. The Hall–Kier alpha value is -1.53. The highest BCUT2D eigenvalue weighted by Crippen LogP contribution is 2.18. The van der Waals surface area contributed by atoms with Gasteiger partial charge in [-0.1, -0.05) is 6.07 Å². The average molecular weight is 283 g/mol. The molecule has 3 N–H and O–H groups in total. The van der Waals surface area contributed by atoms with Crippen LogP contribution in [0.2, 0.25) is 0 Å². The predicted molar refractivity (Wildman–Crippen MR) is 71.9 cm³/mol. The van der Waals surface area contributed by atoms with Gasteiger partial charge in [0.15, 0.2) is 0 Å². The molecule has 1 fully saturated rings. The van der Waals surface area contributed by atoms with Crippen LogP contribution in [0.4, 0.5) is 8.78 Å². The van der Waals surface area contributed by atoms with E-state index >= 15 is 0 Å². The first-order valence-electron chi connectivity index (χ1n) is 6.75. The second kappa shape index (κ2) is 6.76. The molecule has 1 saturated heterocycles. The lowest BCUT2D eigenvalue weighted by Gasteiger charge is -2.33. The number of amides is 1. The molecule has 1 unspecified atom stereocenters. The summed E-state index contributed by atoms with van der Waals surface area (Å²) in [4.78, 5) is 13.2. The maximum absolute atomic E-state index is 13.6. The molecule has 1 aliphatic heterocycles. The normalized spacial score (nSPS) is 19.9. The number of carbonyl (C=O) groups excluding carboxylic acids is 1. The van der Waals surface area contributed by atoms with Gasteiger partial charge in [0.05, 0.1) is 6.54 Å². The quantitative estimate of drug-likeness (QED) is 0.867.